The van der Waals surface area contributed by atoms with Gasteiger partial charge in [-0.15, -0.1) is 0 Å². The smallest absolute Gasteiger partial charge is 0.345 e. The van der Waals surface area contributed by atoms with E-state index in [1.165, 1.54) is 0 Å². The fraction of sp³-hybridized carbons (Fsp3) is 0.333. The number of nitrogens with one attached hydrogen (secondary N) is 1. The second-order valence-electron chi connectivity index (χ2n) is 3.57. The minimum absolute atomic E-state index is 0.346. The molecule has 1 aromatic heterocycles. The van der Waals surface area contributed by atoms with Gasteiger partial charge < -0.3 is 14.5 Å². The minimum Gasteiger partial charge on any atom is -0.493 e. The Morgan fingerprint density at radius 3 is 2.65 bits per heavy atom. The van der Waals surface area contributed by atoms with E-state index in [0.29, 0.717) is 23.4 Å². The molecule has 0 unspecified atom stereocenters. The molecule has 2 rings (SSSR count). The second kappa shape index (κ2) is 4.45. The van der Waals surface area contributed by atoms with E-state index in [1.807, 2.05) is 6.92 Å². The lowest BCUT2D eigenvalue weighted by Crippen LogP contribution is -2.13. The second-order valence-corrected chi connectivity index (χ2v) is 3.57. The Bertz CT molecular complexity index is 604. The standard InChI is InChI=1S/C12H14N2O3/c1-4-7-10-8(14-12(15)13-7)5-6-9(16-2)11(10)17-3/h5-6H,4H2,1-3H3,(H,13,14,15). The molecule has 0 fully saturated rings. The first-order valence-corrected chi connectivity index (χ1v) is 5.35. The molecule has 5 nitrogen and oxygen atoms in total. The zero-order chi connectivity index (χ0) is 12.4. The number of methoxy groups -OCH3 is 2. The molecule has 1 aromatic carbocycles. The number of benzene rings is 1. The predicted molar refractivity (Wildman–Crippen MR) is 64.8 cm³/mol. The van der Waals surface area contributed by atoms with Crippen LogP contribution in [-0.2, 0) is 6.42 Å². The number of aromatic nitrogens is 2. The van der Waals surface area contributed by atoms with Gasteiger partial charge in [0.05, 0.1) is 25.1 Å². The Morgan fingerprint density at radius 1 is 1.29 bits per heavy atom. The maximum Gasteiger partial charge on any atom is 0.345 e. The highest BCUT2D eigenvalue weighted by molar-refractivity contribution is 5.89. The monoisotopic (exact) mass is 234 g/mol. The molecule has 0 amide bonds. The molecule has 0 aliphatic heterocycles. The van der Waals surface area contributed by atoms with Gasteiger partial charge in [-0.05, 0) is 18.6 Å². The first-order chi connectivity index (χ1) is 8.21. The third-order valence-corrected chi connectivity index (χ3v) is 2.66. The van der Waals surface area contributed by atoms with Crippen molar-refractivity contribution in [2.75, 3.05) is 14.2 Å². The van der Waals surface area contributed by atoms with Crippen LogP contribution in [0.5, 0.6) is 11.5 Å². The van der Waals surface area contributed by atoms with Gasteiger partial charge in [-0.2, -0.15) is 4.98 Å². The topological polar surface area (TPSA) is 64.2 Å². The van der Waals surface area contributed by atoms with Crippen LogP contribution in [-0.4, -0.2) is 24.2 Å². The molecule has 0 radical (unpaired) electrons. The number of hydrogen-bond donors (Lipinski definition) is 1. The highest BCUT2D eigenvalue weighted by atomic mass is 16.5. The minimum atomic E-state index is -0.346. The maximum atomic E-state index is 11.4. The molecule has 0 saturated carbocycles. The zero-order valence-corrected chi connectivity index (χ0v) is 10.0. The van der Waals surface area contributed by atoms with E-state index in [9.17, 15) is 4.79 Å². The van der Waals surface area contributed by atoms with Crippen molar-refractivity contribution in [1.29, 1.82) is 0 Å². The number of aryl methyl sites for hydroxylation is 1. The lowest BCUT2D eigenvalue weighted by atomic mass is 10.1. The van der Waals surface area contributed by atoms with E-state index in [2.05, 4.69) is 9.97 Å². The summed E-state index contributed by atoms with van der Waals surface area (Å²) in [5.41, 5.74) is 1.07. The Hall–Kier alpha value is -2.04. The van der Waals surface area contributed by atoms with E-state index < -0.39 is 0 Å². The molecule has 0 aliphatic rings. The lowest BCUT2D eigenvalue weighted by Gasteiger charge is -2.12. The van der Waals surface area contributed by atoms with Crippen LogP contribution in [0.15, 0.2) is 16.9 Å². The van der Waals surface area contributed by atoms with Crippen LogP contribution in [0, 0.1) is 0 Å². The summed E-state index contributed by atoms with van der Waals surface area (Å²) in [5, 5.41) is 0.800. The molecule has 0 atom stereocenters. The van der Waals surface area contributed by atoms with Crippen molar-refractivity contribution < 1.29 is 9.47 Å². The summed E-state index contributed by atoms with van der Waals surface area (Å²) in [6.07, 6.45) is 0.692. The molecule has 0 spiro atoms. The van der Waals surface area contributed by atoms with Crippen LogP contribution in [0.3, 0.4) is 0 Å². The summed E-state index contributed by atoms with van der Waals surface area (Å²) in [6, 6.07) is 3.50. The number of fused-ring (bicyclic) bond motifs is 1. The van der Waals surface area contributed by atoms with Gasteiger partial charge in [-0.3, -0.25) is 0 Å². The fourth-order valence-electron chi connectivity index (χ4n) is 1.90. The van der Waals surface area contributed by atoms with Gasteiger partial charge in [-0.25, -0.2) is 4.79 Å². The quantitative estimate of drug-likeness (QED) is 0.874. The summed E-state index contributed by atoms with van der Waals surface area (Å²) < 4.78 is 10.6. The molecule has 90 valence electrons. The Morgan fingerprint density at radius 2 is 2.06 bits per heavy atom. The maximum absolute atomic E-state index is 11.4. The van der Waals surface area contributed by atoms with Crippen molar-refractivity contribution in [3.63, 3.8) is 0 Å². The van der Waals surface area contributed by atoms with Crippen molar-refractivity contribution >= 4 is 10.9 Å². The van der Waals surface area contributed by atoms with E-state index in [0.717, 1.165) is 11.1 Å². The van der Waals surface area contributed by atoms with Gasteiger partial charge >= 0.3 is 5.69 Å². The highest BCUT2D eigenvalue weighted by Crippen LogP contribution is 2.35. The third kappa shape index (κ3) is 1.84. The predicted octanol–water partition coefficient (Wildman–Crippen LogP) is 1.50. The molecule has 5 heteroatoms. The average molecular weight is 234 g/mol. The fourth-order valence-corrected chi connectivity index (χ4v) is 1.90. The zero-order valence-electron chi connectivity index (χ0n) is 10.0. The van der Waals surface area contributed by atoms with E-state index in [1.54, 1.807) is 26.4 Å². The summed E-state index contributed by atoms with van der Waals surface area (Å²) in [6.45, 7) is 1.96. The van der Waals surface area contributed by atoms with Crippen LogP contribution in [0.4, 0.5) is 0 Å². The molecule has 0 bridgehead atoms. The van der Waals surface area contributed by atoms with Gasteiger partial charge in [0.25, 0.3) is 0 Å². The van der Waals surface area contributed by atoms with Crippen LogP contribution < -0.4 is 15.2 Å². The molecule has 0 saturated heterocycles. The largest absolute Gasteiger partial charge is 0.493 e. The number of ether oxygens (including phenoxy) is 2. The average Bonchev–Trinajstić information content (AvgIpc) is 2.36. The SMILES string of the molecule is CCc1[nH]c(=O)nc2ccc(OC)c(OC)c12. The van der Waals surface area contributed by atoms with Gasteiger partial charge in [0, 0.05) is 5.69 Å². The molecule has 2 aromatic rings. The van der Waals surface area contributed by atoms with Gasteiger partial charge in [0.2, 0.25) is 0 Å². The molecule has 1 N–H and O–H groups in total. The normalized spacial score (nSPS) is 10.5. The first-order valence-electron chi connectivity index (χ1n) is 5.35. The molecule has 17 heavy (non-hydrogen) atoms. The van der Waals surface area contributed by atoms with Crippen molar-refractivity contribution in [2.45, 2.75) is 13.3 Å². The van der Waals surface area contributed by atoms with E-state index in [-0.39, 0.29) is 5.69 Å². The van der Waals surface area contributed by atoms with Crippen LogP contribution in [0.1, 0.15) is 12.6 Å². The molecule has 1 heterocycles. The number of rotatable bonds is 3. The summed E-state index contributed by atoms with van der Waals surface area (Å²) in [5.74, 6) is 1.23. The first kappa shape index (κ1) is 11.4. The number of H-pyrrole nitrogens is 1. The van der Waals surface area contributed by atoms with Crippen molar-refractivity contribution in [3.8, 4) is 11.5 Å². The summed E-state index contributed by atoms with van der Waals surface area (Å²) >= 11 is 0. The van der Waals surface area contributed by atoms with Crippen LogP contribution in [0.25, 0.3) is 10.9 Å². The van der Waals surface area contributed by atoms with Crippen molar-refractivity contribution in [2.24, 2.45) is 0 Å². The van der Waals surface area contributed by atoms with Crippen molar-refractivity contribution in [3.05, 3.63) is 28.3 Å². The summed E-state index contributed by atoms with van der Waals surface area (Å²) in [4.78, 5) is 18.0. The number of nitrogens with zero attached hydrogens (tertiary/aromatic N) is 1. The number of aromatic amines is 1. The molecule has 0 aliphatic carbocycles. The molecular formula is C12H14N2O3. The van der Waals surface area contributed by atoms with Crippen LogP contribution in [0.2, 0.25) is 0 Å². The summed E-state index contributed by atoms with van der Waals surface area (Å²) in [7, 11) is 3.15. The lowest BCUT2D eigenvalue weighted by molar-refractivity contribution is 0.358. The van der Waals surface area contributed by atoms with Gasteiger partial charge in [-0.1, -0.05) is 6.92 Å². The number of hydrogen-bond acceptors (Lipinski definition) is 4. The highest BCUT2D eigenvalue weighted by Gasteiger charge is 2.13. The Kier molecular flexibility index (Phi) is 2.99. The van der Waals surface area contributed by atoms with Gasteiger partial charge in [0.1, 0.15) is 0 Å². The van der Waals surface area contributed by atoms with E-state index >= 15 is 0 Å². The van der Waals surface area contributed by atoms with E-state index in [4.69, 9.17) is 9.47 Å². The Labute approximate surface area is 98.4 Å². The van der Waals surface area contributed by atoms with Gasteiger partial charge in [0.15, 0.2) is 11.5 Å². The Balaban J connectivity index is 2.91. The third-order valence-electron chi connectivity index (χ3n) is 2.66. The van der Waals surface area contributed by atoms with Crippen LogP contribution >= 0.6 is 0 Å². The van der Waals surface area contributed by atoms with Crippen molar-refractivity contribution in [1.82, 2.24) is 9.97 Å². The molecular weight excluding hydrogens is 220 g/mol.